The molecule has 2 unspecified atom stereocenters. The molecule has 0 radical (unpaired) electrons. The zero-order chi connectivity index (χ0) is 23.4. The van der Waals surface area contributed by atoms with E-state index in [0.29, 0.717) is 41.5 Å². The molecule has 0 spiro atoms. The van der Waals surface area contributed by atoms with Gasteiger partial charge in [-0.05, 0) is 54.8 Å². The third kappa shape index (κ3) is 3.41. The van der Waals surface area contributed by atoms with Gasteiger partial charge in [-0.1, -0.05) is 48.0 Å². The fourth-order valence-electron chi connectivity index (χ4n) is 5.37. The van der Waals surface area contributed by atoms with E-state index in [-0.39, 0.29) is 18.0 Å². The summed E-state index contributed by atoms with van der Waals surface area (Å²) in [5, 5.41) is 3.67. The van der Waals surface area contributed by atoms with Crippen LogP contribution in [0.1, 0.15) is 46.4 Å². The van der Waals surface area contributed by atoms with Crippen molar-refractivity contribution in [1.82, 2.24) is 10.2 Å². The first-order valence-corrected chi connectivity index (χ1v) is 11.8. The van der Waals surface area contributed by atoms with E-state index >= 15 is 0 Å². The highest BCUT2D eigenvalue weighted by Gasteiger charge is 2.50. The molecule has 2 atom stereocenters. The maximum absolute atomic E-state index is 13.4. The van der Waals surface area contributed by atoms with E-state index in [1.54, 1.807) is 29.2 Å². The van der Waals surface area contributed by atoms with Crippen molar-refractivity contribution in [3.8, 4) is 5.75 Å². The Morgan fingerprint density at radius 1 is 1.09 bits per heavy atom. The van der Waals surface area contributed by atoms with Crippen LogP contribution in [0.4, 0.5) is 10.5 Å². The number of halogens is 1. The summed E-state index contributed by atoms with van der Waals surface area (Å²) in [5.74, 6) is 0.619. The number of fused-ring (bicyclic) bond motifs is 5. The van der Waals surface area contributed by atoms with E-state index in [1.807, 2.05) is 42.2 Å². The van der Waals surface area contributed by atoms with Gasteiger partial charge in [0.15, 0.2) is 5.72 Å². The minimum Gasteiger partial charge on any atom is -0.467 e. The summed E-state index contributed by atoms with van der Waals surface area (Å²) in [7, 11) is 0. The summed E-state index contributed by atoms with van der Waals surface area (Å²) in [6.45, 7) is 3.16. The molecule has 1 fully saturated rings. The largest absolute Gasteiger partial charge is 0.467 e. The average molecular weight is 474 g/mol. The summed E-state index contributed by atoms with van der Waals surface area (Å²) in [4.78, 5) is 30.1. The molecule has 3 aliphatic heterocycles. The molecule has 7 heteroatoms. The monoisotopic (exact) mass is 473 g/mol. The molecule has 2 bridgehead atoms. The molecule has 0 saturated carbocycles. The predicted octanol–water partition coefficient (Wildman–Crippen LogP) is 5.31. The van der Waals surface area contributed by atoms with Crippen LogP contribution in [0, 0.1) is 0 Å². The summed E-state index contributed by atoms with van der Waals surface area (Å²) in [6.07, 6.45) is 1.42. The maximum Gasteiger partial charge on any atom is 0.325 e. The van der Waals surface area contributed by atoms with Gasteiger partial charge in [0.25, 0.3) is 5.91 Å². The minimum atomic E-state index is -0.906. The number of carbonyl (C=O) groups is 2. The summed E-state index contributed by atoms with van der Waals surface area (Å²) in [5.41, 5.74) is 3.66. The van der Waals surface area contributed by atoms with Crippen molar-refractivity contribution < 1.29 is 14.3 Å². The van der Waals surface area contributed by atoms with Crippen molar-refractivity contribution in [3.05, 3.63) is 94.0 Å². The predicted molar refractivity (Wildman–Crippen MR) is 130 cm³/mol. The zero-order valence-corrected chi connectivity index (χ0v) is 19.5. The van der Waals surface area contributed by atoms with Gasteiger partial charge in [0.1, 0.15) is 5.75 Å². The topological polar surface area (TPSA) is 61.9 Å². The lowest BCUT2D eigenvalue weighted by Gasteiger charge is -2.50. The lowest BCUT2D eigenvalue weighted by atomic mass is 9.90. The van der Waals surface area contributed by atoms with Crippen molar-refractivity contribution in [3.63, 3.8) is 0 Å². The Balaban J connectivity index is 1.30. The molecular formula is C27H24ClN3O3. The molecule has 34 heavy (non-hydrogen) atoms. The number of hydrogen-bond donors (Lipinski definition) is 1. The molecule has 3 heterocycles. The SMILES string of the molecule is CC12CC(NC(=O)N1c1cccc(C(=O)N3CCc4ccccc4C3)c1)c1ccc(Cl)cc1O2. The van der Waals surface area contributed by atoms with Crippen LogP contribution in [0.15, 0.2) is 66.7 Å². The molecular weight excluding hydrogens is 450 g/mol. The second-order valence-electron chi connectivity index (χ2n) is 9.30. The van der Waals surface area contributed by atoms with Gasteiger partial charge in [0.2, 0.25) is 0 Å². The van der Waals surface area contributed by atoms with E-state index < -0.39 is 5.72 Å². The molecule has 172 valence electrons. The van der Waals surface area contributed by atoms with E-state index in [9.17, 15) is 9.59 Å². The highest BCUT2D eigenvalue weighted by atomic mass is 35.5. The molecule has 1 N–H and O–H groups in total. The smallest absolute Gasteiger partial charge is 0.325 e. The summed E-state index contributed by atoms with van der Waals surface area (Å²) < 4.78 is 6.35. The van der Waals surface area contributed by atoms with Gasteiger partial charge >= 0.3 is 6.03 Å². The van der Waals surface area contributed by atoms with Gasteiger partial charge in [0, 0.05) is 35.7 Å². The van der Waals surface area contributed by atoms with E-state index in [4.69, 9.17) is 16.3 Å². The third-order valence-electron chi connectivity index (χ3n) is 7.01. The number of anilines is 1. The third-order valence-corrected chi connectivity index (χ3v) is 7.24. The number of ether oxygens (including phenoxy) is 1. The van der Waals surface area contributed by atoms with Crippen LogP contribution < -0.4 is 15.0 Å². The van der Waals surface area contributed by atoms with Gasteiger partial charge in [0.05, 0.1) is 11.7 Å². The fourth-order valence-corrected chi connectivity index (χ4v) is 5.53. The maximum atomic E-state index is 13.4. The Labute approximate surface area is 203 Å². The highest BCUT2D eigenvalue weighted by Crippen LogP contribution is 2.46. The van der Waals surface area contributed by atoms with Crippen LogP contribution in [-0.2, 0) is 13.0 Å². The molecule has 6 rings (SSSR count). The van der Waals surface area contributed by atoms with E-state index in [1.165, 1.54) is 11.1 Å². The van der Waals surface area contributed by atoms with Gasteiger partial charge < -0.3 is 15.0 Å². The average Bonchev–Trinajstić information content (AvgIpc) is 2.82. The highest BCUT2D eigenvalue weighted by molar-refractivity contribution is 6.30. The van der Waals surface area contributed by atoms with Crippen LogP contribution in [0.2, 0.25) is 5.02 Å². The Kier molecular flexibility index (Phi) is 4.81. The number of carbonyl (C=O) groups excluding carboxylic acids is 2. The van der Waals surface area contributed by atoms with E-state index in [0.717, 1.165) is 12.0 Å². The lowest BCUT2D eigenvalue weighted by Crippen LogP contribution is -2.65. The van der Waals surface area contributed by atoms with Crippen LogP contribution >= 0.6 is 11.6 Å². The second kappa shape index (κ2) is 7.77. The van der Waals surface area contributed by atoms with Crippen LogP contribution in [0.5, 0.6) is 5.75 Å². The molecule has 3 amide bonds. The molecule has 3 aliphatic rings. The molecule has 6 nitrogen and oxygen atoms in total. The number of urea groups is 1. The Hall–Kier alpha value is -3.51. The van der Waals surface area contributed by atoms with Gasteiger partial charge in [-0.25, -0.2) is 4.79 Å². The minimum absolute atomic E-state index is 0.0431. The van der Waals surface area contributed by atoms with Crippen LogP contribution in [0.3, 0.4) is 0 Å². The quantitative estimate of drug-likeness (QED) is 0.548. The molecule has 0 aliphatic carbocycles. The Bertz CT molecular complexity index is 1330. The van der Waals surface area contributed by atoms with Gasteiger partial charge in [-0.3, -0.25) is 9.69 Å². The normalized spacial score (nSPS) is 22.9. The number of benzene rings is 3. The van der Waals surface area contributed by atoms with Crippen LogP contribution in [-0.4, -0.2) is 29.1 Å². The molecule has 3 aromatic rings. The number of hydrogen-bond acceptors (Lipinski definition) is 3. The van der Waals surface area contributed by atoms with Crippen LogP contribution in [0.25, 0.3) is 0 Å². The summed E-state index contributed by atoms with van der Waals surface area (Å²) in [6, 6.07) is 20.5. The lowest BCUT2D eigenvalue weighted by molar-refractivity contribution is 0.0378. The van der Waals surface area contributed by atoms with Gasteiger partial charge in [-0.15, -0.1) is 0 Å². The fraction of sp³-hybridized carbons (Fsp3) is 0.259. The Morgan fingerprint density at radius 2 is 1.91 bits per heavy atom. The van der Waals surface area contributed by atoms with Gasteiger partial charge in [-0.2, -0.15) is 0 Å². The van der Waals surface area contributed by atoms with Crippen molar-refractivity contribution in [2.45, 2.75) is 38.1 Å². The molecule has 0 aromatic heterocycles. The Morgan fingerprint density at radius 3 is 2.76 bits per heavy atom. The number of amides is 3. The number of nitrogens with one attached hydrogen (secondary N) is 1. The van der Waals surface area contributed by atoms with Crippen molar-refractivity contribution in [2.75, 3.05) is 11.4 Å². The zero-order valence-electron chi connectivity index (χ0n) is 18.8. The van der Waals surface area contributed by atoms with Crippen molar-refractivity contribution >= 4 is 29.2 Å². The first-order valence-electron chi connectivity index (χ1n) is 11.5. The standard InChI is InChI=1S/C27H24ClN3O3/c1-27-15-23(22-10-9-20(28)14-24(22)34-27)29-26(33)31(27)21-8-4-7-18(13-21)25(32)30-12-11-17-5-2-3-6-19(17)16-30/h2-10,13-14,23H,11-12,15-16H2,1H3,(H,29,33). The molecule has 1 saturated heterocycles. The van der Waals surface area contributed by atoms with E-state index in [2.05, 4.69) is 17.4 Å². The first-order chi connectivity index (χ1) is 16.4. The van der Waals surface area contributed by atoms with Crippen molar-refractivity contribution in [1.29, 1.82) is 0 Å². The van der Waals surface area contributed by atoms with Crippen molar-refractivity contribution in [2.24, 2.45) is 0 Å². The molecule has 3 aromatic carbocycles. The first kappa shape index (κ1) is 21.1. The second-order valence-corrected chi connectivity index (χ2v) is 9.73. The number of rotatable bonds is 2. The number of nitrogens with zero attached hydrogens (tertiary/aromatic N) is 2. The summed E-state index contributed by atoms with van der Waals surface area (Å²) >= 11 is 6.20.